The predicted octanol–water partition coefficient (Wildman–Crippen LogP) is 7.78. The summed E-state index contributed by atoms with van der Waals surface area (Å²) in [6, 6.07) is 5.90. The topological polar surface area (TPSA) is 104 Å². The van der Waals surface area contributed by atoms with Crippen LogP contribution in [0, 0.1) is 24.0 Å². The third-order valence-electron chi connectivity index (χ3n) is 9.46. The van der Waals surface area contributed by atoms with Gasteiger partial charge in [0.2, 0.25) is 0 Å². The number of ether oxygens (including phenoxy) is 1. The second-order valence-electron chi connectivity index (χ2n) is 12.9. The molecule has 260 valence electrons. The summed E-state index contributed by atoms with van der Waals surface area (Å²) in [5.41, 5.74) is 0.873. The summed E-state index contributed by atoms with van der Waals surface area (Å²) in [5, 5.41) is 6.65. The number of thiophene rings is 2. The first-order valence-corrected chi connectivity index (χ1v) is 18.0. The molecule has 3 aliphatic rings. The van der Waals surface area contributed by atoms with Crippen LogP contribution < -0.4 is 20.4 Å². The third-order valence-corrected chi connectivity index (χ3v) is 11.7. The molecule has 1 spiro atoms. The van der Waals surface area contributed by atoms with Crippen molar-refractivity contribution in [2.75, 3.05) is 53.3 Å². The molecule has 2 saturated heterocycles. The number of fused-ring (bicyclic) bond motifs is 3. The van der Waals surface area contributed by atoms with Crippen LogP contribution in [0.1, 0.15) is 59.8 Å². The molecule has 0 aliphatic carbocycles. The van der Waals surface area contributed by atoms with E-state index in [0.717, 1.165) is 41.9 Å². The van der Waals surface area contributed by atoms with E-state index < -0.39 is 64.8 Å². The van der Waals surface area contributed by atoms with Gasteiger partial charge < -0.3 is 25.2 Å². The lowest BCUT2D eigenvalue weighted by Gasteiger charge is -2.53. The SMILES string of the molecule is [2H]c1c([2H])c(C(=O)N2CCc3cc(C(=O)Nc4c(F)cccc4F)sc3-c3sccc32)c([2H])c([2H])c1NC(=O)c1cc(C)cnc1N1CC2(CCOCC2)C1. The van der Waals surface area contributed by atoms with Crippen molar-refractivity contribution in [3.63, 3.8) is 0 Å². The summed E-state index contributed by atoms with van der Waals surface area (Å²) in [4.78, 5) is 50.6. The van der Waals surface area contributed by atoms with Crippen molar-refractivity contribution in [2.45, 2.75) is 26.2 Å². The van der Waals surface area contributed by atoms with E-state index in [9.17, 15) is 23.2 Å². The fourth-order valence-electron chi connectivity index (χ4n) is 6.77. The highest BCUT2D eigenvalue weighted by Gasteiger charge is 2.45. The highest BCUT2D eigenvalue weighted by Crippen LogP contribution is 2.46. The zero-order valence-corrected chi connectivity index (χ0v) is 29.0. The molecule has 51 heavy (non-hydrogen) atoms. The number of carbonyl (C=O) groups excluding carboxylic acids is 3. The molecule has 9 nitrogen and oxygen atoms in total. The van der Waals surface area contributed by atoms with E-state index in [-0.39, 0.29) is 34.5 Å². The Morgan fingerprint density at radius 1 is 0.980 bits per heavy atom. The number of para-hydroxylation sites is 1. The molecule has 3 aliphatic heterocycles. The first kappa shape index (κ1) is 28.7. The van der Waals surface area contributed by atoms with Gasteiger partial charge in [-0.2, -0.15) is 0 Å². The second-order valence-corrected chi connectivity index (χ2v) is 14.9. The Balaban J connectivity index is 1.05. The fraction of sp³-hybridized carbons (Fsp3) is 0.263. The van der Waals surface area contributed by atoms with Crippen molar-refractivity contribution in [3.8, 4) is 9.75 Å². The molecule has 5 aromatic rings. The normalized spacial score (nSPS) is 17.2. The molecule has 8 rings (SSSR count). The number of anilines is 4. The van der Waals surface area contributed by atoms with Crippen LogP contribution in [0.2, 0.25) is 0 Å². The van der Waals surface area contributed by atoms with Gasteiger partial charge in [-0.05, 0) is 97.2 Å². The Morgan fingerprint density at radius 2 is 1.73 bits per heavy atom. The van der Waals surface area contributed by atoms with Gasteiger partial charge in [0, 0.05) is 55.7 Å². The molecule has 3 aromatic heterocycles. The number of nitrogens with zero attached hydrogens (tertiary/aromatic N) is 3. The Kier molecular flexibility index (Phi) is 7.48. The lowest BCUT2D eigenvalue weighted by atomic mass is 9.73. The van der Waals surface area contributed by atoms with Crippen LogP contribution in [0.25, 0.3) is 9.75 Å². The Morgan fingerprint density at radius 3 is 2.47 bits per heavy atom. The summed E-state index contributed by atoms with van der Waals surface area (Å²) in [6.45, 7) is 4.68. The average Bonchev–Trinajstić information content (AvgIpc) is 3.78. The average molecular weight is 730 g/mol. The number of amides is 3. The van der Waals surface area contributed by atoms with Gasteiger partial charge in [-0.1, -0.05) is 6.07 Å². The predicted molar refractivity (Wildman–Crippen MR) is 195 cm³/mol. The lowest BCUT2D eigenvalue weighted by molar-refractivity contribution is -0.000511. The van der Waals surface area contributed by atoms with Crippen molar-refractivity contribution in [3.05, 3.63) is 111 Å². The van der Waals surface area contributed by atoms with Gasteiger partial charge in [0.05, 0.1) is 31.4 Å². The number of hydrogen-bond acceptors (Lipinski definition) is 8. The van der Waals surface area contributed by atoms with E-state index in [2.05, 4.69) is 15.6 Å². The molecule has 0 bridgehead atoms. The molecule has 2 aromatic carbocycles. The molecular weight excluding hydrogens is 693 g/mol. The van der Waals surface area contributed by atoms with Gasteiger partial charge in [-0.15, -0.1) is 22.7 Å². The van der Waals surface area contributed by atoms with Gasteiger partial charge in [0.15, 0.2) is 0 Å². The smallest absolute Gasteiger partial charge is 0.265 e. The molecule has 0 radical (unpaired) electrons. The van der Waals surface area contributed by atoms with Crippen molar-refractivity contribution in [2.24, 2.45) is 5.41 Å². The number of benzene rings is 2. The Bertz CT molecular complexity index is 2360. The number of carbonyl (C=O) groups is 3. The zero-order chi connectivity index (χ0) is 38.8. The summed E-state index contributed by atoms with van der Waals surface area (Å²) < 4.78 is 69.3. The molecule has 6 heterocycles. The minimum Gasteiger partial charge on any atom is -0.381 e. The molecule has 13 heteroatoms. The quantitative estimate of drug-likeness (QED) is 0.185. The van der Waals surface area contributed by atoms with Gasteiger partial charge >= 0.3 is 0 Å². The number of hydrogen-bond donors (Lipinski definition) is 2. The largest absolute Gasteiger partial charge is 0.381 e. The van der Waals surface area contributed by atoms with E-state index in [4.69, 9.17) is 10.2 Å². The molecular formula is C38H33F2N5O4S2. The van der Waals surface area contributed by atoms with Crippen LogP contribution in [0.15, 0.2) is 72.1 Å². The summed E-state index contributed by atoms with van der Waals surface area (Å²) in [7, 11) is 0. The molecule has 2 fully saturated rings. The van der Waals surface area contributed by atoms with E-state index in [1.165, 1.54) is 22.3 Å². The van der Waals surface area contributed by atoms with Crippen LogP contribution in [-0.4, -0.2) is 55.6 Å². The fourth-order valence-corrected chi connectivity index (χ4v) is 8.97. The zero-order valence-electron chi connectivity index (χ0n) is 31.3. The number of nitrogens with one attached hydrogen (secondary N) is 2. The Labute approximate surface area is 306 Å². The first-order valence-electron chi connectivity index (χ1n) is 18.3. The molecule has 0 unspecified atom stereocenters. The highest BCUT2D eigenvalue weighted by atomic mass is 32.1. The van der Waals surface area contributed by atoms with Crippen LogP contribution in [-0.2, 0) is 11.2 Å². The van der Waals surface area contributed by atoms with E-state index in [0.29, 0.717) is 53.1 Å². The molecule has 0 saturated carbocycles. The van der Waals surface area contributed by atoms with E-state index in [1.807, 2.05) is 4.90 Å². The summed E-state index contributed by atoms with van der Waals surface area (Å²) >= 11 is 2.41. The Hall–Kier alpha value is -4.98. The standard InChI is InChI=1S/C38H33F2N5O4S2/c1-22-17-26(34(41-19-22)44-20-38(21-44)11-14-49-15-12-38)35(46)42-25-7-5-23(6-8-25)37(48)45-13-9-24-18-30(51-32(24)33-29(45)10-16-50-33)36(47)43-31-27(39)3-2-4-28(31)40/h2-8,10,16-19H,9,11-15,20-21H2,1H3,(H,42,46)(H,43,47)/i5D,6D,7D,8D. The number of aryl methyl sites for hydroxylation is 1. The second kappa shape index (κ2) is 13.3. The van der Waals surface area contributed by atoms with Crippen molar-refractivity contribution in [1.82, 2.24) is 4.98 Å². The lowest BCUT2D eigenvalue weighted by Crippen LogP contribution is -2.59. The van der Waals surface area contributed by atoms with Gasteiger partial charge in [0.1, 0.15) is 23.1 Å². The maximum Gasteiger partial charge on any atom is 0.265 e. The maximum atomic E-state index is 14.2. The minimum atomic E-state index is -0.908. The van der Waals surface area contributed by atoms with Crippen LogP contribution in [0.4, 0.5) is 31.7 Å². The van der Waals surface area contributed by atoms with Gasteiger partial charge in [0.25, 0.3) is 17.7 Å². The number of halogens is 2. The minimum absolute atomic E-state index is 0.0707. The van der Waals surface area contributed by atoms with E-state index in [1.54, 1.807) is 36.7 Å². The number of aromatic nitrogens is 1. The summed E-state index contributed by atoms with van der Waals surface area (Å²) in [5.74, 6) is -3.45. The summed E-state index contributed by atoms with van der Waals surface area (Å²) in [6.07, 6.45) is 3.78. The van der Waals surface area contributed by atoms with Gasteiger partial charge in [-0.25, -0.2) is 13.8 Å². The van der Waals surface area contributed by atoms with Crippen molar-refractivity contribution in [1.29, 1.82) is 0 Å². The maximum absolute atomic E-state index is 14.2. The molecule has 2 N–H and O–H groups in total. The first-order chi connectivity index (χ1) is 26.4. The van der Waals surface area contributed by atoms with Crippen molar-refractivity contribution < 1.29 is 33.4 Å². The van der Waals surface area contributed by atoms with Crippen molar-refractivity contribution >= 4 is 63.3 Å². The number of rotatable bonds is 6. The van der Waals surface area contributed by atoms with Crippen LogP contribution in [0.3, 0.4) is 0 Å². The van der Waals surface area contributed by atoms with Crippen LogP contribution in [0.5, 0.6) is 0 Å². The van der Waals surface area contributed by atoms with E-state index >= 15 is 0 Å². The van der Waals surface area contributed by atoms with Gasteiger partial charge in [-0.3, -0.25) is 14.4 Å². The highest BCUT2D eigenvalue weighted by molar-refractivity contribution is 7.23. The number of pyridine rings is 1. The molecule has 3 amide bonds. The third kappa shape index (κ3) is 6.30. The van der Waals surface area contributed by atoms with Crippen LogP contribution >= 0.6 is 22.7 Å². The molecule has 0 atom stereocenters. The monoisotopic (exact) mass is 729 g/mol.